The SMILES string of the molecule is Cc1ccc(CNC(=O)N2C[C@H]3CCC[C@@H]3C2)c(N2CCCC2)n1. The van der Waals surface area contributed by atoms with Gasteiger partial charge in [0.25, 0.3) is 0 Å². The van der Waals surface area contributed by atoms with E-state index >= 15 is 0 Å². The zero-order valence-corrected chi connectivity index (χ0v) is 14.6. The summed E-state index contributed by atoms with van der Waals surface area (Å²) in [5.74, 6) is 2.56. The highest BCUT2D eigenvalue weighted by atomic mass is 16.2. The molecule has 0 unspecified atom stereocenters. The largest absolute Gasteiger partial charge is 0.356 e. The zero-order chi connectivity index (χ0) is 16.5. The number of urea groups is 1. The number of amides is 2. The number of rotatable bonds is 3. The second kappa shape index (κ2) is 6.61. The van der Waals surface area contributed by atoms with Gasteiger partial charge < -0.3 is 15.1 Å². The molecule has 0 radical (unpaired) electrons. The van der Waals surface area contributed by atoms with Gasteiger partial charge in [0.2, 0.25) is 0 Å². The number of aromatic nitrogens is 1. The predicted molar refractivity (Wildman–Crippen MR) is 95.1 cm³/mol. The Morgan fingerprint density at radius 3 is 2.58 bits per heavy atom. The fourth-order valence-corrected chi connectivity index (χ4v) is 4.60. The molecule has 1 N–H and O–H groups in total. The summed E-state index contributed by atoms with van der Waals surface area (Å²) in [6, 6.07) is 4.26. The van der Waals surface area contributed by atoms with Crippen molar-refractivity contribution in [2.24, 2.45) is 11.8 Å². The van der Waals surface area contributed by atoms with E-state index in [2.05, 4.69) is 16.3 Å². The van der Waals surface area contributed by atoms with Crippen LogP contribution < -0.4 is 10.2 Å². The zero-order valence-electron chi connectivity index (χ0n) is 14.6. The summed E-state index contributed by atoms with van der Waals surface area (Å²) in [5, 5.41) is 3.13. The maximum absolute atomic E-state index is 12.5. The van der Waals surface area contributed by atoms with E-state index in [1.54, 1.807) is 0 Å². The third-order valence-corrected chi connectivity index (χ3v) is 5.94. The average Bonchev–Trinajstić information content (AvgIpc) is 3.29. The number of nitrogens with one attached hydrogen (secondary N) is 1. The molecule has 3 heterocycles. The van der Waals surface area contributed by atoms with Gasteiger partial charge in [0.05, 0.1) is 0 Å². The Hall–Kier alpha value is -1.78. The second-order valence-corrected chi connectivity index (χ2v) is 7.64. The number of hydrogen-bond acceptors (Lipinski definition) is 3. The molecular weight excluding hydrogens is 300 g/mol. The molecule has 3 aliphatic rings. The van der Waals surface area contributed by atoms with Gasteiger partial charge >= 0.3 is 6.03 Å². The first-order valence-electron chi connectivity index (χ1n) is 9.45. The molecule has 2 amide bonds. The Labute approximate surface area is 144 Å². The van der Waals surface area contributed by atoms with Crippen LogP contribution in [0.2, 0.25) is 0 Å². The third kappa shape index (κ3) is 3.08. The van der Waals surface area contributed by atoms with E-state index in [-0.39, 0.29) is 6.03 Å². The molecule has 0 bridgehead atoms. The first-order valence-corrected chi connectivity index (χ1v) is 9.45. The smallest absolute Gasteiger partial charge is 0.317 e. The highest BCUT2D eigenvalue weighted by molar-refractivity contribution is 5.74. The number of carbonyl (C=O) groups excluding carboxylic acids is 1. The fourth-order valence-electron chi connectivity index (χ4n) is 4.60. The number of anilines is 1. The maximum Gasteiger partial charge on any atom is 0.317 e. The number of pyridine rings is 1. The molecule has 5 nitrogen and oxygen atoms in total. The lowest BCUT2D eigenvalue weighted by molar-refractivity contribution is 0.204. The number of fused-ring (bicyclic) bond motifs is 1. The van der Waals surface area contributed by atoms with E-state index in [9.17, 15) is 4.79 Å². The highest BCUT2D eigenvalue weighted by Crippen LogP contribution is 2.37. The summed E-state index contributed by atoms with van der Waals surface area (Å²) in [4.78, 5) is 21.6. The van der Waals surface area contributed by atoms with Gasteiger partial charge in [-0.1, -0.05) is 12.5 Å². The Kier molecular flexibility index (Phi) is 4.33. The van der Waals surface area contributed by atoms with Crippen LogP contribution in [0.1, 0.15) is 43.4 Å². The van der Waals surface area contributed by atoms with Crippen LogP contribution in [0.25, 0.3) is 0 Å². The third-order valence-electron chi connectivity index (χ3n) is 5.94. The Morgan fingerprint density at radius 2 is 1.88 bits per heavy atom. The lowest BCUT2D eigenvalue weighted by Crippen LogP contribution is -2.39. The van der Waals surface area contributed by atoms with Crippen LogP contribution in [-0.2, 0) is 6.54 Å². The number of nitrogens with zero attached hydrogens (tertiary/aromatic N) is 3. The van der Waals surface area contributed by atoms with Crippen LogP contribution in [-0.4, -0.2) is 42.1 Å². The molecular formula is C19H28N4O. The number of aryl methyl sites for hydroxylation is 1. The number of carbonyl (C=O) groups is 1. The number of likely N-dealkylation sites (tertiary alicyclic amines) is 1. The molecule has 0 spiro atoms. The average molecular weight is 328 g/mol. The van der Waals surface area contributed by atoms with E-state index in [0.29, 0.717) is 6.54 Å². The monoisotopic (exact) mass is 328 g/mol. The summed E-state index contributed by atoms with van der Waals surface area (Å²) >= 11 is 0. The molecule has 1 aromatic rings. The number of hydrogen-bond donors (Lipinski definition) is 1. The highest BCUT2D eigenvalue weighted by Gasteiger charge is 2.37. The summed E-state index contributed by atoms with van der Waals surface area (Å²) in [7, 11) is 0. The Bertz CT molecular complexity index is 599. The van der Waals surface area contributed by atoms with Crippen molar-refractivity contribution in [1.29, 1.82) is 0 Å². The van der Waals surface area contributed by atoms with Crippen LogP contribution >= 0.6 is 0 Å². The molecule has 2 saturated heterocycles. The molecule has 2 atom stereocenters. The van der Waals surface area contributed by atoms with Crippen molar-refractivity contribution in [3.8, 4) is 0 Å². The first kappa shape index (κ1) is 15.7. The predicted octanol–water partition coefficient (Wildman–Crippen LogP) is 2.93. The van der Waals surface area contributed by atoms with Crippen LogP contribution in [0.5, 0.6) is 0 Å². The van der Waals surface area contributed by atoms with Gasteiger partial charge in [0.1, 0.15) is 5.82 Å². The van der Waals surface area contributed by atoms with E-state index in [1.807, 2.05) is 17.9 Å². The summed E-state index contributed by atoms with van der Waals surface area (Å²) in [6.45, 7) is 6.65. The van der Waals surface area contributed by atoms with Crippen molar-refractivity contribution in [3.05, 3.63) is 23.4 Å². The molecule has 1 saturated carbocycles. The molecule has 0 aromatic carbocycles. The van der Waals surface area contributed by atoms with Crippen LogP contribution in [0.4, 0.5) is 10.6 Å². The van der Waals surface area contributed by atoms with E-state index in [1.165, 1.54) is 32.1 Å². The molecule has 5 heteroatoms. The lowest BCUT2D eigenvalue weighted by atomic mass is 10.0. The normalized spacial score (nSPS) is 26.0. The van der Waals surface area contributed by atoms with Crippen LogP contribution in [0.15, 0.2) is 12.1 Å². The first-order chi connectivity index (χ1) is 11.7. The minimum atomic E-state index is 0.0948. The van der Waals surface area contributed by atoms with Crippen molar-refractivity contribution in [2.75, 3.05) is 31.1 Å². The second-order valence-electron chi connectivity index (χ2n) is 7.64. The Morgan fingerprint density at radius 1 is 1.17 bits per heavy atom. The van der Waals surface area contributed by atoms with Crippen molar-refractivity contribution in [1.82, 2.24) is 15.2 Å². The molecule has 3 fully saturated rings. The molecule has 24 heavy (non-hydrogen) atoms. The van der Waals surface area contributed by atoms with Gasteiger partial charge in [-0.2, -0.15) is 0 Å². The summed E-state index contributed by atoms with van der Waals surface area (Å²) in [6.07, 6.45) is 6.42. The van der Waals surface area contributed by atoms with E-state index < -0.39 is 0 Å². The van der Waals surface area contributed by atoms with Gasteiger partial charge in [-0.15, -0.1) is 0 Å². The Balaban J connectivity index is 1.39. The molecule has 1 aromatic heterocycles. The van der Waals surface area contributed by atoms with Crippen molar-refractivity contribution in [3.63, 3.8) is 0 Å². The molecule has 130 valence electrons. The van der Waals surface area contributed by atoms with Crippen LogP contribution in [0.3, 0.4) is 0 Å². The van der Waals surface area contributed by atoms with E-state index in [4.69, 9.17) is 4.98 Å². The minimum Gasteiger partial charge on any atom is -0.356 e. The van der Waals surface area contributed by atoms with Crippen molar-refractivity contribution < 1.29 is 4.79 Å². The lowest BCUT2D eigenvalue weighted by Gasteiger charge is -2.22. The molecule has 4 rings (SSSR count). The summed E-state index contributed by atoms with van der Waals surface area (Å²) in [5.41, 5.74) is 2.18. The van der Waals surface area contributed by atoms with Gasteiger partial charge in [-0.05, 0) is 50.5 Å². The summed E-state index contributed by atoms with van der Waals surface area (Å²) < 4.78 is 0. The van der Waals surface area contributed by atoms with Gasteiger partial charge in [0.15, 0.2) is 0 Å². The maximum atomic E-state index is 12.5. The minimum absolute atomic E-state index is 0.0948. The topological polar surface area (TPSA) is 48.5 Å². The molecule has 1 aliphatic carbocycles. The fraction of sp³-hybridized carbons (Fsp3) is 0.684. The van der Waals surface area contributed by atoms with Gasteiger partial charge in [-0.3, -0.25) is 0 Å². The van der Waals surface area contributed by atoms with Gasteiger partial charge in [-0.25, -0.2) is 9.78 Å². The quantitative estimate of drug-likeness (QED) is 0.928. The van der Waals surface area contributed by atoms with Crippen molar-refractivity contribution >= 4 is 11.8 Å². The van der Waals surface area contributed by atoms with Crippen LogP contribution in [0, 0.1) is 18.8 Å². The van der Waals surface area contributed by atoms with Crippen molar-refractivity contribution in [2.45, 2.75) is 45.6 Å². The van der Waals surface area contributed by atoms with E-state index in [0.717, 1.165) is 55.1 Å². The van der Waals surface area contributed by atoms with Gasteiger partial charge in [0, 0.05) is 44.0 Å². The molecule has 2 aliphatic heterocycles. The standard InChI is InChI=1S/C19H28N4O/c1-14-7-8-15(18(21-14)22-9-2-3-10-22)11-20-19(24)23-12-16-5-4-6-17(16)13-23/h7-8,16-17H,2-6,9-13H2,1H3,(H,20,24)/t16-,17-/m1/s1.